The Morgan fingerprint density at radius 3 is 2.48 bits per heavy atom. The summed E-state index contributed by atoms with van der Waals surface area (Å²) in [4.78, 5) is 14.8. The van der Waals surface area contributed by atoms with Gasteiger partial charge in [0.15, 0.2) is 0 Å². The fourth-order valence-corrected chi connectivity index (χ4v) is 4.26. The van der Waals surface area contributed by atoms with Gasteiger partial charge in [-0.25, -0.2) is 8.42 Å². The standard InChI is InChI=1S/C20H24ClN3O4S/c1-15-2-5-17(6-3-15)29(26,27)23-16-4-7-18(19(21)14-16)20(25)22-8-9-24-10-12-28-13-11-24/h2-7,14,23H,8-13H2,1H3,(H,22,25). The summed E-state index contributed by atoms with van der Waals surface area (Å²) in [5, 5.41) is 3.02. The van der Waals surface area contributed by atoms with E-state index in [1.54, 1.807) is 12.1 Å². The fourth-order valence-electron chi connectivity index (χ4n) is 2.94. The van der Waals surface area contributed by atoms with Gasteiger partial charge in [-0.3, -0.25) is 14.4 Å². The molecule has 2 aromatic rings. The maximum absolute atomic E-state index is 12.5. The molecular formula is C20H24ClN3O4S. The zero-order valence-corrected chi connectivity index (χ0v) is 17.7. The minimum absolute atomic E-state index is 0.157. The Kier molecular flexibility index (Phi) is 7.13. The van der Waals surface area contributed by atoms with E-state index >= 15 is 0 Å². The number of aryl methyl sites for hydroxylation is 1. The normalized spacial score (nSPS) is 15.1. The smallest absolute Gasteiger partial charge is 0.261 e. The molecular weight excluding hydrogens is 414 g/mol. The van der Waals surface area contributed by atoms with Crippen LogP contribution in [0.2, 0.25) is 5.02 Å². The highest BCUT2D eigenvalue weighted by Gasteiger charge is 2.17. The van der Waals surface area contributed by atoms with Gasteiger partial charge in [0.05, 0.1) is 34.4 Å². The number of morpholine rings is 1. The molecule has 1 amide bonds. The Morgan fingerprint density at radius 1 is 1.14 bits per heavy atom. The molecule has 7 nitrogen and oxygen atoms in total. The maximum atomic E-state index is 12.5. The molecule has 0 aromatic heterocycles. The van der Waals surface area contributed by atoms with Crippen LogP contribution < -0.4 is 10.0 Å². The zero-order chi connectivity index (χ0) is 20.9. The van der Waals surface area contributed by atoms with Gasteiger partial charge in [-0.15, -0.1) is 0 Å². The Labute approximate surface area is 176 Å². The van der Waals surface area contributed by atoms with Crippen LogP contribution in [-0.4, -0.2) is 58.6 Å². The van der Waals surface area contributed by atoms with Crippen molar-refractivity contribution in [1.29, 1.82) is 0 Å². The first-order valence-corrected chi connectivity index (χ1v) is 11.2. The Hall–Kier alpha value is -2.13. The highest BCUT2D eigenvalue weighted by Crippen LogP contribution is 2.23. The molecule has 1 fully saturated rings. The van der Waals surface area contributed by atoms with Crippen molar-refractivity contribution in [3.63, 3.8) is 0 Å². The number of ether oxygens (including phenoxy) is 1. The number of nitrogens with zero attached hydrogens (tertiary/aromatic N) is 1. The molecule has 0 atom stereocenters. The van der Waals surface area contributed by atoms with Gasteiger partial charge in [0.1, 0.15) is 0 Å². The first-order chi connectivity index (χ1) is 13.8. The van der Waals surface area contributed by atoms with Crippen LogP contribution in [0.1, 0.15) is 15.9 Å². The lowest BCUT2D eigenvalue weighted by atomic mass is 10.2. The second-order valence-corrected chi connectivity index (χ2v) is 8.91. The molecule has 3 rings (SSSR count). The first-order valence-electron chi connectivity index (χ1n) is 9.32. The minimum Gasteiger partial charge on any atom is -0.379 e. The van der Waals surface area contributed by atoms with Crippen LogP contribution in [0.15, 0.2) is 47.4 Å². The van der Waals surface area contributed by atoms with Crippen LogP contribution in [0.4, 0.5) is 5.69 Å². The topological polar surface area (TPSA) is 87.7 Å². The molecule has 0 bridgehead atoms. The molecule has 1 aliphatic rings. The van der Waals surface area contributed by atoms with E-state index in [0.717, 1.165) is 25.2 Å². The summed E-state index contributed by atoms with van der Waals surface area (Å²) in [6.45, 7) is 6.24. The van der Waals surface area contributed by atoms with E-state index in [1.807, 2.05) is 6.92 Å². The predicted molar refractivity (Wildman–Crippen MR) is 113 cm³/mol. The number of carbonyl (C=O) groups excluding carboxylic acids is 1. The van der Waals surface area contributed by atoms with Gasteiger partial charge in [0.25, 0.3) is 15.9 Å². The quantitative estimate of drug-likeness (QED) is 0.694. The molecule has 0 radical (unpaired) electrons. The maximum Gasteiger partial charge on any atom is 0.261 e. The monoisotopic (exact) mass is 437 g/mol. The van der Waals surface area contributed by atoms with E-state index < -0.39 is 10.0 Å². The van der Waals surface area contributed by atoms with Crippen LogP contribution in [0.5, 0.6) is 0 Å². The van der Waals surface area contributed by atoms with Gasteiger partial charge in [-0.1, -0.05) is 29.3 Å². The largest absolute Gasteiger partial charge is 0.379 e. The Bertz CT molecular complexity index is 958. The molecule has 2 N–H and O–H groups in total. The molecule has 1 heterocycles. The number of anilines is 1. The van der Waals surface area contributed by atoms with E-state index in [1.165, 1.54) is 30.3 Å². The summed E-state index contributed by atoms with van der Waals surface area (Å²) in [5.74, 6) is -0.295. The van der Waals surface area contributed by atoms with Gasteiger partial charge in [-0.05, 0) is 37.3 Å². The van der Waals surface area contributed by atoms with Crippen molar-refractivity contribution in [2.75, 3.05) is 44.1 Å². The third-order valence-electron chi connectivity index (χ3n) is 4.61. The summed E-state index contributed by atoms with van der Waals surface area (Å²) < 4.78 is 32.8. The second-order valence-electron chi connectivity index (χ2n) is 6.82. The molecule has 2 aromatic carbocycles. The molecule has 0 saturated carbocycles. The summed E-state index contributed by atoms with van der Waals surface area (Å²) in [5.41, 5.74) is 1.56. The highest BCUT2D eigenvalue weighted by molar-refractivity contribution is 7.92. The molecule has 9 heteroatoms. The molecule has 0 spiro atoms. The summed E-state index contributed by atoms with van der Waals surface area (Å²) >= 11 is 6.22. The zero-order valence-electron chi connectivity index (χ0n) is 16.2. The summed E-state index contributed by atoms with van der Waals surface area (Å²) in [6.07, 6.45) is 0. The van der Waals surface area contributed by atoms with E-state index in [0.29, 0.717) is 31.0 Å². The molecule has 1 saturated heterocycles. The van der Waals surface area contributed by atoms with Crippen molar-refractivity contribution in [3.8, 4) is 0 Å². The van der Waals surface area contributed by atoms with Gasteiger partial charge in [0.2, 0.25) is 0 Å². The molecule has 0 aliphatic carbocycles. The van der Waals surface area contributed by atoms with Crippen molar-refractivity contribution >= 4 is 33.2 Å². The predicted octanol–water partition coefficient (Wildman–Crippen LogP) is 2.51. The molecule has 156 valence electrons. The van der Waals surface area contributed by atoms with Crippen LogP contribution in [0.25, 0.3) is 0 Å². The number of rotatable bonds is 7. The van der Waals surface area contributed by atoms with Gasteiger partial charge in [0, 0.05) is 26.2 Å². The van der Waals surface area contributed by atoms with Gasteiger partial charge in [-0.2, -0.15) is 0 Å². The fraction of sp³-hybridized carbons (Fsp3) is 0.350. The Morgan fingerprint density at radius 2 is 1.83 bits per heavy atom. The van der Waals surface area contributed by atoms with Crippen molar-refractivity contribution in [2.24, 2.45) is 0 Å². The number of benzene rings is 2. The SMILES string of the molecule is Cc1ccc(S(=O)(=O)Nc2ccc(C(=O)NCCN3CCOCC3)c(Cl)c2)cc1. The number of nitrogens with one attached hydrogen (secondary N) is 2. The van der Waals surface area contributed by atoms with E-state index in [9.17, 15) is 13.2 Å². The van der Waals surface area contributed by atoms with Crippen molar-refractivity contribution in [3.05, 3.63) is 58.6 Å². The highest BCUT2D eigenvalue weighted by atomic mass is 35.5. The first kappa shape index (κ1) is 21.6. The number of halogens is 1. The van der Waals surface area contributed by atoms with Crippen molar-refractivity contribution < 1.29 is 17.9 Å². The number of hydrogen-bond acceptors (Lipinski definition) is 5. The summed E-state index contributed by atoms with van der Waals surface area (Å²) in [6, 6.07) is 11.0. The average molecular weight is 438 g/mol. The van der Waals surface area contributed by atoms with Crippen LogP contribution >= 0.6 is 11.6 Å². The van der Waals surface area contributed by atoms with Crippen LogP contribution in [-0.2, 0) is 14.8 Å². The molecule has 29 heavy (non-hydrogen) atoms. The minimum atomic E-state index is -3.73. The third-order valence-corrected chi connectivity index (χ3v) is 6.32. The number of amides is 1. The van der Waals surface area contributed by atoms with Gasteiger partial charge < -0.3 is 10.1 Å². The number of carbonyl (C=O) groups is 1. The van der Waals surface area contributed by atoms with Gasteiger partial charge >= 0.3 is 0 Å². The third kappa shape index (κ3) is 5.93. The summed E-state index contributed by atoms with van der Waals surface area (Å²) in [7, 11) is -3.73. The van der Waals surface area contributed by atoms with E-state index in [4.69, 9.17) is 16.3 Å². The lowest BCUT2D eigenvalue weighted by molar-refractivity contribution is 0.0383. The Balaban J connectivity index is 1.60. The molecule has 1 aliphatic heterocycles. The number of hydrogen-bond donors (Lipinski definition) is 2. The molecule has 0 unspecified atom stereocenters. The lowest BCUT2D eigenvalue weighted by Crippen LogP contribution is -2.41. The van der Waals surface area contributed by atoms with E-state index in [-0.39, 0.29) is 15.8 Å². The van der Waals surface area contributed by atoms with Crippen LogP contribution in [0, 0.1) is 6.92 Å². The van der Waals surface area contributed by atoms with Crippen molar-refractivity contribution in [1.82, 2.24) is 10.2 Å². The van der Waals surface area contributed by atoms with Crippen molar-refractivity contribution in [2.45, 2.75) is 11.8 Å². The van der Waals surface area contributed by atoms with E-state index in [2.05, 4.69) is 14.9 Å². The lowest BCUT2D eigenvalue weighted by Gasteiger charge is -2.26. The van der Waals surface area contributed by atoms with Crippen LogP contribution in [0.3, 0.4) is 0 Å². The average Bonchev–Trinajstić information content (AvgIpc) is 2.69. The second kappa shape index (κ2) is 9.58. The number of sulfonamides is 1.